The van der Waals surface area contributed by atoms with Crippen LogP contribution < -0.4 is 0 Å². The van der Waals surface area contributed by atoms with E-state index in [1.54, 1.807) is 16.2 Å². The van der Waals surface area contributed by atoms with Crippen molar-refractivity contribution in [1.29, 1.82) is 0 Å². The molecular formula is C15H19NO3S. The molecular weight excluding hydrogens is 274 g/mol. The number of fused-ring (bicyclic) bond motifs is 1. The largest absolute Gasteiger partial charge is 0.481 e. The van der Waals surface area contributed by atoms with E-state index in [1.807, 2.05) is 0 Å². The number of hydrogen-bond acceptors (Lipinski definition) is 3. The van der Waals surface area contributed by atoms with Gasteiger partial charge >= 0.3 is 5.97 Å². The molecule has 1 amide bonds. The van der Waals surface area contributed by atoms with Crippen molar-refractivity contribution in [2.45, 2.75) is 38.5 Å². The van der Waals surface area contributed by atoms with Crippen molar-refractivity contribution in [2.75, 3.05) is 13.1 Å². The molecule has 1 aromatic rings. The van der Waals surface area contributed by atoms with Gasteiger partial charge in [0.25, 0.3) is 5.91 Å². The molecule has 1 aliphatic heterocycles. The standard InChI is InChI=1S/C15H19NO3S/c17-14(18)6-10-8-16(9-10)15(19)13-7-11-4-2-1-3-5-12(11)20-13/h7,10H,1-6,8-9H2,(H,17,18). The van der Waals surface area contributed by atoms with Crippen molar-refractivity contribution in [3.05, 3.63) is 21.4 Å². The molecule has 0 bridgehead atoms. The van der Waals surface area contributed by atoms with Crippen molar-refractivity contribution in [2.24, 2.45) is 5.92 Å². The monoisotopic (exact) mass is 293 g/mol. The summed E-state index contributed by atoms with van der Waals surface area (Å²) in [5.41, 5.74) is 1.36. The van der Waals surface area contributed by atoms with Gasteiger partial charge < -0.3 is 10.0 Å². The van der Waals surface area contributed by atoms with Crippen molar-refractivity contribution in [3.63, 3.8) is 0 Å². The third kappa shape index (κ3) is 2.73. The molecule has 1 aromatic heterocycles. The lowest BCUT2D eigenvalue weighted by Gasteiger charge is -2.38. The second kappa shape index (κ2) is 5.56. The molecule has 0 radical (unpaired) electrons. The first-order chi connectivity index (χ1) is 9.63. The van der Waals surface area contributed by atoms with Crippen LogP contribution in [0, 0.1) is 5.92 Å². The average Bonchev–Trinajstić information content (AvgIpc) is 2.64. The van der Waals surface area contributed by atoms with Crippen LogP contribution in [0.5, 0.6) is 0 Å². The number of aliphatic carboxylic acids is 1. The van der Waals surface area contributed by atoms with E-state index in [9.17, 15) is 9.59 Å². The summed E-state index contributed by atoms with van der Waals surface area (Å²) in [6.07, 6.45) is 6.11. The summed E-state index contributed by atoms with van der Waals surface area (Å²) < 4.78 is 0. The fourth-order valence-corrected chi connectivity index (χ4v) is 4.26. The first kappa shape index (κ1) is 13.6. The molecule has 3 rings (SSSR count). The number of carbonyl (C=O) groups is 2. The van der Waals surface area contributed by atoms with Gasteiger partial charge in [0.05, 0.1) is 11.3 Å². The Morgan fingerprint density at radius 3 is 2.75 bits per heavy atom. The number of aryl methyl sites for hydroxylation is 2. The average molecular weight is 293 g/mol. The molecule has 0 spiro atoms. The molecule has 108 valence electrons. The molecule has 0 saturated carbocycles. The predicted octanol–water partition coefficient (Wildman–Crippen LogP) is 2.56. The fourth-order valence-electron chi connectivity index (χ4n) is 3.04. The van der Waals surface area contributed by atoms with Gasteiger partial charge in [-0.1, -0.05) is 6.42 Å². The van der Waals surface area contributed by atoms with E-state index < -0.39 is 5.97 Å². The number of thiophene rings is 1. The third-order valence-electron chi connectivity index (χ3n) is 4.17. The number of nitrogens with zero attached hydrogens (tertiary/aromatic N) is 1. The summed E-state index contributed by atoms with van der Waals surface area (Å²) in [7, 11) is 0. The summed E-state index contributed by atoms with van der Waals surface area (Å²) >= 11 is 1.64. The Balaban J connectivity index is 1.63. The zero-order chi connectivity index (χ0) is 14.1. The number of carbonyl (C=O) groups excluding carboxylic acids is 1. The summed E-state index contributed by atoms with van der Waals surface area (Å²) in [4.78, 5) is 27.0. The van der Waals surface area contributed by atoms with Gasteiger partial charge in [-0.3, -0.25) is 9.59 Å². The van der Waals surface area contributed by atoms with Gasteiger partial charge in [-0.2, -0.15) is 0 Å². The van der Waals surface area contributed by atoms with Crippen molar-refractivity contribution >= 4 is 23.2 Å². The van der Waals surface area contributed by atoms with Crippen LogP contribution in [0.4, 0.5) is 0 Å². The van der Waals surface area contributed by atoms with Crippen molar-refractivity contribution in [3.8, 4) is 0 Å². The molecule has 5 heteroatoms. The molecule has 20 heavy (non-hydrogen) atoms. The van der Waals surface area contributed by atoms with Crippen LogP contribution in [0.2, 0.25) is 0 Å². The van der Waals surface area contributed by atoms with E-state index in [0.717, 1.165) is 17.7 Å². The predicted molar refractivity (Wildman–Crippen MR) is 77.2 cm³/mol. The van der Waals surface area contributed by atoms with Crippen LogP contribution in [0.3, 0.4) is 0 Å². The Morgan fingerprint density at radius 2 is 2.00 bits per heavy atom. The minimum absolute atomic E-state index is 0.0877. The minimum atomic E-state index is -0.773. The first-order valence-corrected chi connectivity index (χ1v) is 8.08. The molecule has 0 atom stereocenters. The summed E-state index contributed by atoms with van der Waals surface area (Å²) in [5, 5.41) is 8.73. The zero-order valence-corrected chi connectivity index (χ0v) is 12.2. The molecule has 1 N–H and O–H groups in total. The molecule has 1 aliphatic carbocycles. The van der Waals surface area contributed by atoms with Gasteiger partial charge in [0, 0.05) is 23.9 Å². The van der Waals surface area contributed by atoms with Gasteiger partial charge in [0.1, 0.15) is 0 Å². The van der Waals surface area contributed by atoms with Crippen molar-refractivity contribution < 1.29 is 14.7 Å². The number of carboxylic acids is 1. The highest BCUT2D eigenvalue weighted by molar-refractivity contribution is 7.14. The van der Waals surface area contributed by atoms with Crippen LogP contribution in [-0.2, 0) is 17.6 Å². The number of rotatable bonds is 3. The van der Waals surface area contributed by atoms with Crippen LogP contribution >= 0.6 is 11.3 Å². The van der Waals surface area contributed by atoms with Crippen LogP contribution in [0.1, 0.15) is 45.8 Å². The number of amides is 1. The minimum Gasteiger partial charge on any atom is -0.481 e. The normalized spacial score (nSPS) is 19.1. The SMILES string of the molecule is O=C(O)CC1CN(C(=O)c2cc3c(s2)CCCCC3)C1. The highest BCUT2D eigenvalue weighted by Gasteiger charge is 2.33. The smallest absolute Gasteiger partial charge is 0.303 e. The van der Waals surface area contributed by atoms with Gasteiger partial charge in [-0.25, -0.2) is 0 Å². The lowest BCUT2D eigenvalue weighted by molar-refractivity contribution is -0.139. The molecule has 2 heterocycles. The molecule has 2 aliphatic rings. The molecule has 1 fully saturated rings. The fraction of sp³-hybridized carbons (Fsp3) is 0.600. The summed E-state index contributed by atoms with van der Waals surface area (Å²) in [6, 6.07) is 2.07. The lowest BCUT2D eigenvalue weighted by Crippen LogP contribution is -2.50. The number of likely N-dealkylation sites (tertiary alicyclic amines) is 1. The maximum Gasteiger partial charge on any atom is 0.303 e. The Kier molecular flexibility index (Phi) is 3.78. The van der Waals surface area contributed by atoms with Gasteiger partial charge in [-0.15, -0.1) is 11.3 Å². The van der Waals surface area contributed by atoms with Crippen LogP contribution in [-0.4, -0.2) is 35.0 Å². The Labute approximate surface area is 122 Å². The van der Waals surface area contributed by atoms with E-state index in [-0.39, 0.29) is 18.2 Å². The van der Waals surface area contributed by atoms with E-state index in [2.05, 4.69) is 6.07 Å². The highest BCUT2D eigenvalue weighted by Crippen LogP contribution is 2.31. The molecule has 0 unspecified atom stereocenters. The lowest BCUT2D eigenvalue weighted by atomic mass is 9.96. The van der Waals surface area contributed by atoms with E-state index in [0.29, 0.717) is 13.1 Å². The Hall–Kier alpha value is -1.36. The Bertz CT molecular complexity index is 508. The first-order valence-electron chi connectivity index (χ1n) is 7.26. The Morgan fingerprint density at radius 1 is 1.25 bits per heavy atom. The maximum atomic E-state index is 12.4. The van der Waals surface area contributed by atoms with Crippen LogP contribution in [0.25, 0.3) is 0 Å². The molecule has 0 aromatic carbocycles. The van der Waals surface area contributed by atoms with Gasteiger partial charge in [-0.05, 0) is 37.3 Å². The zero-order valence-electron chi connectivity index (χ0n) is 11.4. The quantitative estimate of drug-likeness (QED) is 0.871. The maximum absolute atomic E-state index is 12.4. The van der Waals surface area contributed by atoms with Gasteiger partial charge in [0.15, 0.2) is 0 Å². The van der Waals surface area contributed by atoms with E-state index >= 15 is 0 Å². The second-order valence-corrected chi connectivity index (χ2v) is 6.93. The molecule has 4 nitrogen and oxygen atoms in total. The van der Waals surface area contributed by atoms with E-state index in [1.165, 1.54) is 29.7 Å². The highest BCUT2D eigenvalue weighted by atomic mass is 32.1. The van der Waals surface area contributed by atoms with Crippen LogP contribution in [0.15, 0.2) is 6.07 Å². The number of hydrogen-bond donors (Lipinski definition) is 1. The number of carboxylic acid groups (broad SMARTS) is 1. The van der Waals surface area contributed by atoms with Crippen molar-refractivity contribution in [1.82, 2.24) is 4.90 Å². The third-order valence-corrected chi connectivity index (χ3v) is 5.39. The second-order valence-electron chi connectivity index (χ2n) is 5.79. The molecule has 1 saturated heterocycles. The summed E-state index contributed by atoms with van der Waals surface area (Å²) in [5.74, 6) is -0.552. The van der Waals surface area contributed by atoms with Gasteiger partial charge in [0.2, 0.25) is 0 Å². The van der Waals surface area contributed by atoms with E-state index in [4.69, 9.17) is 5.11 Å². The summed E-state index contributed by atoms with van der Waals surface area (Å²) in [6.45, 7) is 1.18. The topological polar surface area (TPSA) is 57.6 Å².